The van der Waals surface area contributed by atoms with Crippen molar-refractivity contribution in [1.82, 2.24) is 4.90 Å². The first-order chi connectivity index (χ1) is 15.6. The molecule has 3 atom stereocenters. The number of ether oxygens (including phenoxy) is 1. The molecule has 3 amide bonds. The Morgan fingerprint density at radius 1 is 1.12 bits per heavy atom. The first kappa shape index (κ1) is 20.9. The van der Waals surface area contributed by atoms with Gasteiger partial charge in [-0.25, -0.2) is 9.18 Å². The number of urea groups is 1. The van der Waals surface area contributed by atoms with Crippen LogP contribution in [0.4, 0.5) is 20.6 Å². The molecule has 0 bridgehead atoms. The molecule has 3 heterocycles. The van der Waals surface area contributed by atoms with E-state index in [1.807, 2.05) is 24.3 Å². The summed E-state index contributed by atoms with van der Waals surface area (Å²) in [6.07, 6.45) is 1.34. The van der Waals surface area contributed by atoms with Crippen LogP contribution in [-0.4, -0.2) is 60.4 Å². The number of nitrogens with one attached hydrogen (secondary N) is 1. The van der Waals surface area contributed by atoms with Gasteiger partial charge in [-0.1, -0.05) is 24.3 Å². The van der Waals surface area contributed by atoms with Crippen LogP contribution in [0.1, 0.15) is 24.3 Å². The highest BCUT2D eigenvalue weighted by Gasteiger charge is 2.56. The molecule has 3 aliphatic heterocycles. The van der Waals surface area contributed by atoms with E-state index in [2.05, 4.69) is 5.32 Å². The van der Waals surface area contributed by atoms with Gasteiger partial charge in [0.15, 0.2) is 0 Å². The maximum atomic E-state index is 13.6. The monoisotopic (exact) mass is 439 g/mol. The molecule has 32 heavy (non-hydrogen) atoms. The molecule has 2 N–H and O–H groups in total. The number of benzene rings is 2. The highest BCUT2D eigenvalue weighted by Crippen LogP contribution is 2.49. The van der Waals surface area contributed by atoms with Gasteiger partial charge in [-0.3, -0.25) is 9.69 Å². The van der Waals surface area contributed by atoms with Gasteiger partial charge in [0.2, 0.25) is 5.91 Å². The lowest BCUT2D eigenvalue weighted by molar-refractivity contribution is -0.157. The summed E-state index contributed by atoms with van der Waals surface area (Å²) >= 11 is 0. The predicted molar refractivity (Wildman–Crippen MR) is 117 cm³/mol. The summed E-state index contributed by atoms with van der Waals surface area (Å²) < 4.78 is 19.0. The third-order valence-corrected chi connectivity index (χ3v) is 6.83. The van der Waals surface area contributed by atoms with E-state index in [1.165, 1.54) is 18.2 Å². The van der Waals surface area contributed by atoms with Crippen LogP contribution in [0.3, 0.4) is 0 Å². The second-order valence-corrected chi connectivity index (χ2v) is 8.59. The third kappa shape index (κ3) is 3.53. The van der Waals surface area contributed by atoms with Gasteiger partial charge in [-0.05, 0) is 42.7 Å². The number of hydrogen-bond donors (Lipinski definition) is 2. The summed E-state index contributed by atoms with van der Waals surface area (Å²) in [4.78, 5) is 29.9. The van der Waals surface area contributed by atoms with Crippen molar-refractivity contribution >= 4 is 23.3 Å². The molecule has 168 valence electrons. The van der Waals surface area contributed by atoms with Crippen molar-refractivity contribution in [3.8, 4) is 0 Å². The normalized spacial score (nSPS) is 24.9. The van der Waals surface area contributed by atoms with Crippen LogP contribution in [0.5, 0.6) is 0 Å². The topological polar surface area (TPSA) is 82.1 Å². The van der Waals surface area contributed by atoms with Crippen molar-refractivity contribution in [2.24, 2.45) is 5.92 Å². The van der Waals surface area contributed by atoms with Gasteiger partial charge in [-0.15, -0.1) is 0 Å². The number of likely N-dealkylation sites (tertiary alicyclic amines) is 1. The molecule has 0 aliphatic carbocycles. The van der Waals surface area contributed by atoms with E-state index in [1.54, 1.807) is 15.9 Å². The number of halogens is 1. The van der Waals surface area contributed by atoms with Crippen LogP contribution in [0.15, 0.2) is 48.5 Å². The molecule has 0 spiro atoms. The van der Waals surface area contributed by atoms with Gasteiger partial charge in [0, 0.05) is 43.0 Å². The molecule has 0 radical (unpaired) electrons. The fourth-order valence-corrected chi connectivity index (χ4v) is 5.30. The smallest absolute Gasteiger partial charge is 0.326 e. The lowest BCUT2D eigenvalue weighted by Gasteiger charge is -2.59. The highest BCUT2D eigenvalue weighted by molar-refractivity contribution is 6.03. The van der Waals surface area contributed by atoms with Gasteiger partial charge >= 0.3 is 6.03 Å². The van der Waals surface area contributed by atoms with Crippen LogP contribution >= 0.6 is 0 Å². The maximum absolute atomic E-state index is 13.6. The summed E-state index contributed by atoms with van der Waals surface area (Å²) in [6, 6.07) is 12.4. The van der Waals surface area contributed by atoms with Crippen LogP contribution in [-0.2, 0) is 9.53 Å². The van der Waals surface area contributed by atoms with E-state index in [0.717, 1.165) is 11.3 Å². The molecule has 2 aromatic carbocycles. The van der Waals surface area contributed by atoms with Crippen molar-refractivity contribution in [3.63, 3.8) is 0 Å². The largest absolute Gasteiger partial charge is 0.394 e. The van der Waals surface area contributed by atoms with E-state index in [9.17, 15) is 19.1 Å². The molecular weight excluding hydrogens is 413 g/mol. The van der Waals surface area contributed by atoms with E-state index < -0.39 is 5.82 Å². The van der Waals surface area contributed by atoms with Crippen molar-refractivity contribution in [2.75, 3.05) is 36.6 Å². The third-order valence-electron chi connectivity index (χ3n) is 6.83. The lowest BCUT2D eigenvalue weighted by Crippen LogP contribution is -2.71. The molecule has 7 nitrogen and oxygen atoms in total. The number of amides is 3. The van der Waals surface area contributed by atoms with Gasteiger partial charge in [0.25, 0.3) is 0 Å². The number of rotatable bonds is 3. The Kier molecular flexibility index (Phi) is 5.57. The molecule has 3 aliphatic rings. The van der Waals surface area contributed by atoms with Crippen molar-refractivity contribution in [3.05, 3.63) is 59.9 Å². The standard InChI is InChI=1S/C24H26FN3O4/c25-16-4-3-5-17(12-16)26-24(31)27-13-20-22(18-6-1-2-7-19(18)27)21(14-29)28(20)23(30)15-8-10-32-11-9-15/h1-7,12,15,20-22,29H,8-11,13-14H2,(H,26,31)/t20-,21-,22+/m1/s1. The second kappa shape index (κ2) is 8.52. The Labute approximate surface area is 185 Å². The molecule has 0 saturated carbocycles. The molecule has 5 rings (SSSR count). The van der Waals surface area contributed by atoms with Crippen molar-refractivity contribution in [1.29, 1.82) is 0 Å². The van der Waals surface area contributed by atoms with Crippen molar-refractivity contribution in [2.45, 2.75) is 30.8 Å². The molecular formula is C24H26FN3O4. The average molecular weight is 439 g/mol. The van der Waals surface area contributed by atoms with E-state index >= 15 is 0 Å². The Morgan fingerprint density at radius 2 is 1.91 bits per heavy atom. The molecule has 0 unspecified atom stereocenters. The number of aliphatic hydroxyl groups is 1. The Bertz CT molecular complexity index is 1030. The number of para-hydroxylation sites is 1. The zero-order valence-corrected chi connectivity index (χ0v) is 17.6. The van der Waals surface area contributed by atoms with Crippen LogP contribution in [0.25, 0.3) is 0 Å². The van der Waals surface area contributed by atoms with E-state index in [4.69, 9.17) is 4.74 Å². The minimum Gasteiger partial charge on any atom is -0.394 e. The second-order valence-electron chi connectivity index (χ2n) is 8.59. The number of fused-ring (bicyclic) bond motifs is 3. The highest BCUT2D eigenvalue weighted by atomic mass is 19.1. The maximum Gasteiger partial charge on any atom is 0.326 e. The summed E-state index contributed by atoms with van der Waals surface area (Å²) in [6.45, 7) is 1.31. The number of aliphatic hydroxyl groups excluding tert-OH is 1. The summed E-state index contributed by atoms with van der Waals surface area (Å²) in [5.74, 6) is -0.554. The molecule has 8 heteroatoms. The van der Waals surface area contributed by atoms with E-state index in [-0.39, 0.29) is 42.5 Å². The van der Waals surface area contributed by atoms with E-state index in [0.29, 0.717) is 38.3 Å². The Balaban J connectivity index is 1.43. The Morgan fingerprint density at radius 3 is 2.66 bits per heavy atom. The minimum absolute atomic E-state index is 0.0264. The predicted octanol–water partition coefficient (Wildman–Crippen LogP) is 2.96. The number of carbonyl (C=O) groups excluding carboxylic acids is 2. The molecule has 2 fully saturated rings. The average Bonchev–Trinajstić information content (AvgIpc) is 2.80. The molecule has 2 aromatic rings. The summed E-state index contributed by atoms with van der Waals surface area (Å²) in [5.41, 5.74) is 2.05. The molecule has 2 saturated heterocycles. The number of hydrogen-bond acceptors (Lipinski definition) is 4. The number of carbonyl (C=O) groups is 2. The van der Waals surface area contributed by atoms with Gasteiger partial charge in [0.1, 0.15) is 5.82 Å². The van der Waals surface area contributed by atoms with Gasteiger partial charge in [0.05, 0.1) is 18.7 Å². The molecule has 0 aromatic heterocycles. The quantitative estimate of drug-likeness (QED) is 0.771. The summed E-state index contributed by atoms with van der Waals surface area (Å²) in [7, 11) is 0. The summed E-state index contributed by atoms with van der Waals surface area (Å²) in [5, 5.41) is 12.9. The Hall–Kier alpha value is -2.97. The minimum atomic E-state index is -0.431. The SMILES string of the molecule is O=C(Nc1cccc(F)c1)N1C[C@@H]2[C@H](c3ccccc31)[C@@H](CO)N2C(=O)C1CCOCC1. The van der Waals surface area contributed by atoms with Crippen molar-refractivity contribution < 1.29 is 23.8 Å². The first-order valence-electron chi connectivity index (χ1n) is 11.0. The van der Waals surface area contributed by atoms with Crippen LogP contribution in [0, 0.1) is 11.7 Å². The van der Waals surface area contributed by atoms with Crippen LogP contribution < -0.4 is 10.2 Å². The first-order valence-corrected chi connectivity index (χ1v) is 11.0. The van der Waals surface area contributed by atoms with Gasteiger partial charge < -0.3 is 20.1 Å². The van der Waals surface area contributed by atoms with Gasteiger partial charge in [-0.2, -0.15) is 0 Å². The van der Waals surface area contributed by atoms with Crippen LogP contribution in [0.2, 0.25) is 0 Å². The zero-order chi connectivity index (χ0) is 22.2. The fourth-order valence-electron chi connectivity index (χ4n) is 5.30. The lowest BCUT2D eigenvalue weighted by atomic mass is 9.71. The number of anilines is 2. The fraction of sp³-hybridized carbons (Fsp3) is 0.417. The zero-order valence-electron chi connectivity index (χ0n) is 17.6. The number of nitrogens with zero attached hydrogens (tertiary/aromatic N) is 2.